The van der Waals surface area contributed by atoms with E-state index in [1.807, 2.05) is 45.0 Å². The van der Waals surface area contributed by atoms with E-state index in [2.05, 4.69) is 5.32 Å². The maximum atomic E-state index is 11.9. The summed E-state index contributed by atoms with van der Waals surface area (Å²) < 4.78 is 11.1. The zero-order chi connectivity index (χ0) is 14.7. The van der Waals surface area contributed by atoms with Crippen LogP contribution in [-0.4, -0.2) is 13.0 Å². The summed E-state index contributed by atoms with van der Waals surface area (Å²) in [4.78, 5) is 11.9. The van der Waals surface area contributed by atoms with E-state index in [-0.39, 0.29) is 17.9 Å². The number of benzene rings is 1. The van der Waals surface area contributed by atoms with E-state index in [4.69, 9.17) is 9.15 Å². The fourth-order valence-corrected chi connectivity index (χ4v) is 2.04. The van der Waals surface area contributed by atoms with Gasteiger partial charge in [0.1, 0.15) is 5.76 Å². The second-order valence-corrected chi connectivity index (χ2v) is 5.07. The number of carbonyl (C=O) groups is 1. The quantitative estimate of drug-likeness (QED) is 0.906. The lowest BCUT2D eigenvalue weighted by molar-refractivity contribution is -0.125. The van der Waals surface area contributed by atoms with Crippen molar-refractivity contribution in [3.8, 4) is 5.75 Å². The summed E-state index contributed by atoms with van der Waals surface area (Å²) >= 11 is 0. The molecule has 2 atom stereocenters. The molecule has 0 aliphatic heterocycles. The summed E-state index contributed by atoms with van der Waals surface area (Å²) in [6.45, 7) is 5.84. The molecule has 4 nitrogen and oxygen atoms in total. The molecule has 2 rings (SSSR count). The second kappa shape index (κ2) is 5.99. The number of rotatable bonds is 5. The lowest BCUT2D eigenvalue weighted by Crippen LogP contribution is -2.31. The standard InChI is InChI=1S/C16H21NO3/c1-5-10(2)16(18)17-11(3)14-9-12-7-6-8-13(19-4)15(12)20-14/h6-11H,5H2,1-4H3,(H,17,18)/t10-,11-/m0/s1. The van der Waals surface area contributed by atoms with E-state index in [1.165, 1.54) is 0 Å². The Morgan fingerprint density at radius 1 is 1.40 bits per heavy atom. The van der Waals surface area contributed by atoms with Gasteiger partial charge in [-0.1, -0.05) is 26.0 Å². The van der Waals surface area contributed by atoms with Crippen LogP contribution in [0.2, 0.25) is 0 Å². The zero-order valence-electron chi connectivity index (χ0n) is 12.4. The first-order valence-corrected chi connectivity index (χ1v) is 6.93. The van der Waals surface area contributed by atoms with E-state index in [9.17, 15) is 4.79 Å². The van der Waals surface area contributed by atoms with Crippen molar-refractivity contribution in [2.24, 2.45) is 5.92 Å². The molecule has 108 valence electrons. The van der Waals surface area contributed by atoms with Gasteiger partial charge in [0.2, 0.25) is 5.91 Å². The first-order valence-electron chi connectivity index (χ1n) is 6.93. The Bertz CT molecular complexity index is 603. The SMILES string of the molecule is CC[C@H](C)C(=O)N[C@@H](C)c1cc2cccc(OC)c2o1. The van der Waals surface area contributed by atoms with Crippen LogP contribution in [0.5, 0.6) is 5.75 Å². The summed E-state index contributed by atoms with van der Waals surface area (Å²) in [7, 11) is 1.62. The van der Waals surface area contributed by atoms with Crippen LogP contribution in [-0.2, 0) is 4.79 Å². The van der Waals surface area contributed by atoms with Crippen LogP contribution in [0.3, 0.4) is 0 Å². The van der Waals surface area contributed by atoms with Gasteiger partial charge in [0.25, 0.3) is 0 Å². The Morgan fingerprint density at radius 2 is 2.15 bits per heavy atom. The second-order valence-electron chi connectivity index (χ2n) is 5.07. The van der Waals surface area contributed by atoms with E-state index in [0.29, 0.717) is 5.75 Å². The predicted octanol–water partition coefficient (Wildman–Crippen LogP) is 3.66. The number of para-hydroxylation sites is 1. The highest BCUT2D eigenvalue weighted by atomic mass is 16.5. The van der Waals surface area contributed by atoms with Crippen molar-refractivity contribution in [2.45, 2.75) is 33.2 Å². The lowest BCUT2D eigenvalue weighted by atomic mass is 10.1. The number of furan rings is 1. The number of fused-ring (bicyclic) bond motifs is 1. The molecule has 0 saturated carbocycles. The number of hydrogen-bond acceptors (Lipinski definition) is 3. The minimum atomic E-state index is -0.159. The molecule has 1 N–H and O–H groups in total. The van der Waals surface area contributed by atoms with Crippen LogP contribution in [0.4, 0.5) is 0 Å². The summed E-state index contributed by atoms with van der Waals surface area (Å²) in [6, 6.07) is 7.53. The van der Waals surface area contributed by atoms with Crippen molar-refractivity contribution < 1.29 is 13.9 Å². The number of carbonyl (C=O) groups excluding carboxylic acids is 1. The van der Waals surface area contributed by atoms with Crippen molar-refractivity contribution in [2.75, 3.05) is 7.11 Å². The molecule has 20 heavy (non-hydrogen) atoms. The zero-order valence-corrected chi connectivity index (χ0v) is 12.4. The van der Waals surface area contributed by atoms with Gasteiger partial charge in [-0.05, 0) is 25.5 Å². The smallest absolute Gasteiger partial charge is 0.223 e. The van der Waals surface area contributed by atoms with Gasteiger partial charge in [-0.15, -0.1) is 0 Å². The Hall–Kier alpha value is -1.97. The van der Waals surface area contributed by atoms with Gasteiger partial charge in [0, 0.05) is 11.3 Å². The van der Waals surface area contributed by atoms with Crippen molar-refractivity contribution in [1.82, 2.24) is 5.32 Å². The third kappa shape index (κ3) is 2.79. The molecule has 0 unspecified atom stereocenters. The number of ether oxygens (including phenoxy) is 1. The van der Waals surface area contributed by atoms with Gasteiger partial charge in [-0.3, -0.25) is 4.79 Å². The number of amides is 1. The molecule has 1 heterocycles. The summed E-state index contributed by atoms with van der Waals surface area (Å²) in [5.41, 5.74) is 0.717. The average molecular weight is 275 g/mol. The lowest BCUT2D eigenvalue weighted by Gasteiger charge is -2.14. The van der Waals surface area contributed by atoms with Gasteiger partial charge in [-0.2, -0.15) is 0 Å². The molecule has 0 fully saturated rings. The van der Waals surface area contributed by atoms with E-state index in [0.717, 1.165) is 23.2 Å². The third-order valence-corrected chi connectivity index (χ3v) is 3.59. The molecule has 2 aromatic rings. The summed E-state index contributed by atoms with van der Waals surface area (Å²) in [5, 5.41) is 3.95. The molecule has 0 aliphatic rings. The Balaban J connectivity index is 2.22. The maximum Gasteiger partial charge on any atom is 0.223 e. The van der Waals surface area contributed by atoms with Crippen molar-refractivity contribution in [1.29, 1.82) is 0 Å². The predicted molar refractivity (Wildman–Crippen MR) is 78.8 cm³/mol. The van der Waals surface area contributed by atoms with Gasteiger partial charge >= 0.3 is 0 Å². The van der Waals surface area contributed by atoms with Crippen molar-refractivity contribution >= 4 is 16.9 Å². The minimum Gasteiger partial charge on any atom is -0.493 e. The monoisotopic (exact) mass is 275 g/mol. The molecule has 1 amide bonds. The summed E-state index contributed by atoms with van der Waals surface area (Å²) in [6.07, 6.45) is 0.826. The topological polar surface area (TPSA) is 51.5 Å². The van der Waals surface area contributed by atoms with Gasteiger partial charge in [0.15, 0.2) is 11.3 Å². The van der Waals surface area contributed by atoms with E-state index < -0.39 is 0 Å². The highest BCUT2D eigenvalue weighted by Gasteiger charge is 2.18. The maximum absolute atomic E-state index is 11.9. The fourth-order valence-electron chi connectivity index (χ4n) is 2.04. The van der Waals surface area contributed by atoms with Gasteiger partial charge in [-0.25, -0.2) is 0 Å². The molecule has 0 saturated heterocycles. The molecule has 4 heteroatoms. The van der Waals surface area contributed by atoms with Crippen LogP contribution in [0.15, 0.2) is 28.7 Å². The van der Waals surface area contributed by atoms with Crippen LogP contribution in [0.25, 0.3) is 11.0 Å². The van der Waals surface area contributed by atoms with Crippen molar-refractivity contribution in [3.63, 3.8) is 0 Å². The molecular formula is C16H21NO3. The first kappa shape index (κ1) is 14.4. The van der Waals surface area contributed by atoms with Crippen molar-refractivity contribution in [3.05, 3.63) is 30.0 Å². The molecule has 0 radical (unpaired) electrons. The van der Waals surface area contributed by atoms with Gasteiger partial charge in [0.05, 0.1) is 13.2 Å². The number of nitrogens with one attached hydrogen (secondary N) is 1. The Labute approximate surface area is 119 Å². The first-order chi connectivity index (χ1) is 9.56. The molecule has 0 aliphatic carbocycles. The third-order valence-electron chi connectivity index (χ3n) is 3.59. The number of hydrogen-bond donors (Lipinski definition) is 1. The highest BCUT2D eigenvalue weighted by molar-refractivity contribution is 5.84. The van der Waals surface area contributed by atoms with Crippen LogP contribution >= 0.6 is 0 Å². The number of methoxy groups -OCH3 is 1. The molecule has 0 bridgehead atoms. The largest absolute Gasteiger partial charge is 0.493 e. The van der Waals surface area contributed by atoms with Crippen LogP contribution in [0.1, 0.15) is 39.0 Å². The van der Waals surface area contributed by atoms with Gasteiger partial charge < -0.3 is 14.5 Å². The molecule has 1 aromatic heterocycles. The van der Waals surface area contributed by atoms with E-state index >= 15 is 0 Å². The molecule has 0 spiro atoms. The Kier molecular flexibility index (Phi) is 4.32. The van der Waals surface area contributed by atoms with Crippen LogP contribution < -0.4 is 10.1 Å². The van der Waals surface area contributed by atoms with Crippen LogP contribution in [0, 0.1) is 5.92 Å². The normalized spacial score (nSPS) is 14.0. The highest BCUT2D eigenvalue weighted by Crippen LogP contribution is 2.30. The minimum absolute atomic E-state index is 0.0105. The molecular weight excluding hydrogens is 254 g/mol. The summed E-state index contributed by atoms with van der Waals surface area (Å²) in [5.74, 6) is 1.50. The van der Waals surface area contributed by atoms with E-state index in [1.54, 1.807) is 7.11 Å². The molecule has 1 aromatic carbocycles. The Morgan fingerprint density at radius 3 is 2.80 bits per heavy atom. The fraction of sp³-hybridized carbons (Fsp3) is 0.438. The average Bonchev–Trinajstić information content (AvgIpc) is 2.90.